The van der Waals surface area contributed by atoms with E-state index in [1.165, 1.54) is 14.2 Å². The second kappa shape index (κ2) is 5.93. The van der Waals surface area contributed by atoms with Crippen molar-refractivity contribution in [2.75, 3.05) is 27.3 Å². The van der Waals surface area contributed by atoms with Crippen LogP contribution in [-0.4, -0.2) is 38.4 Å². The summed E-state index contributed by atoms with van der Waals surface area (Å²) in [5.74, 6) is 0.147. The van der Waals surface area contributed by atoms with Gasteiger partial charge in [0.05, 0.1) is 14.2 Å². The summed E-state index contributed by atoms with van der Waals surface area (Å²) in [5.41, 5.74) is 1.17. The summed E-state index contributed by atoms with van der Waals surface area (Å²) in [5, 5.41) is 12.6. The maximum Gasteiger partial charge on any atom is 0.339 e. The number of benzene rings is 1. The summed E-state index contributed by atoms with van der Waals surface area (Å²) in [6.45, 7) is 1.92. The Morgan fingerprint density at radius 1 is 1.26 bits per heavy atom. The van der Waals surface area contributed by atoms with Crippen molar-refractivity contribution in [2.45, 2.75) is 18.8 Å². The summed E-state index contributed by atoms with van der Waals surface area (Å²) in [6, 6.07) is 3.60. The van der Waals surface area contributed by atoms with Crippen molar-refractivity contribution in [1.82, 2.24) is 5.32 Å². The van der Waals surface area contributed by atoms with Crippen LogP contribution in [0.1, 0.15) is 34.7 Å². The van der Waals surface area contributed by atoms with E-state index in [4.69, 9.17) is 9.47 Å². The number of aromatic carboxylic acids is 1. The minimum Gasteiger partial charge on any atom is -0.493 e. The smallest absolute Gasteiger partial charge is 0.339 e. The molecule has 0 atom stereocenters. The molecule has 1 aliphatic rings. The van der Waals surface area contributed by atoms with Crippen LogP contribution < -0.4 is 14.8 Å². The summed E-state index contributed by atoms with van der Waals surface area (Å²) < 4.78 is 10.4. The van der Waals surface area contributed by atoms with Crippen molar-refractivity contribution in [3.8, 4) is 11.5 Å². The Labute approximate surface area is 112 Å². The molecule has 1 fully saturated rings. The maximum absolute atomic E-state index is 11.3. The van der Waals surface area contributed by atoms with Gasteiger partial charge in [-0.05, 0) is 49.5 Å². The highest BCUT2D eigenvalue weighted by atomic mass is 16.5. The Bertz CT molecular complexity index is 467. The lowest BCUT2D eigenvalue weighted by Crippen LogP contribution is -2.26. The Morgan fingerprint density at radius 2 is 1.95 bits per heavy atom. The third-order valence-corrected chi connectivity index (χ3v) is 3.54. The van der Waals surface area contributed by atoms with E-state index >= 15 is 0 Å². The highest BCUT2D eigenvalue weighted by Gasteiger charge is 2.22. The number of carbonyl (C=O) groups is 1. The fourth-order valence-corrected chi connectivity index (χ4v) is 2.54. The summed E-state index contributed by atoms with van der Waals surface area (Å²) in [4.78, 5) is 11.3. The lowest BCUT2D eigenvalue weighted by atomic mass is 9.89. The van der Waals surface area contributed by atoms with Gasteiger partial charge in [-0.25, -0.2) is 4.79 Å². The number of hydrogen-bond donors (Lipinski definition) is 2. The van der Waals surface area contributed by atoms with Crippen molar-refractivity contribution in [1.29, 1.82) is 0 Å². The molecule has 0 spiro atoms. The van der Waals surface area contributed by atoms with E-state index in [0.717, 1.165) is 31.5 Å². The molecular weight excluding hydrogens is 246 g/mol. The van der Waals surface area contributed by atoms with E-state index in [1.54, 1.807) is 6.07 Å². The van der Waals surface area contributed by atoms with Crippen LogP contribution in [0.25, 0.3) is 0 Å². The Balaban J connectivity index is 2.44. The molecule has 0 amide bonds. The van der Waals surface area contributed by atoms with Gasteiger partial charge in [0.2, 0.25) is 0 Å². The highest BCUT2D eigenvalue weighted by Crippen LogP contribution is 2.37. The van der Waals surface area contributed by atoms with Crippen LogP contribution in [0, 0.1) is 0 Å². The predicted octanol–water partition coefficient (Wildman–Crippen LogP) is 1.87. The number of carboxylic acids is 1. The summed E-state index contributed by atoms with van der Waals surface area (Å²) >= 11 is 0. The third-order valence-electron chi connectivity index (χ3n) is 3.54. The predicted molar refractivity (Wildman–Crippen MR) is 71.4 cm³/mol. The second-order valence-corrected chi connectivity index (χ2v) is 4.63. The standard InChI is InChI=1S/C14H19NO4/c1-18-12-8-10(9-3-5-15-6-4-9)7-11(14(16)17)13(12)19-2/h7-9,15H,3-6H2,1-2H3,(H,16,17). The SMILES string of the molecule is COc1cc(C2CCNCC2)cc(C(=O)O)c1OC. The highest BCUT2D eigenvalue weighted by molar-refractivity contribution is 5.92. The number of hydrogen-bond acceptors (Lipinski definition) is 4. The van der Waals surface area contributed by atoms with Crippen molar-refractivity contribution in [3.63, 3.8) is 0 Å². The van der Waals surface area contributed by atoms with E-state index < -0.39 is 5.97 Å². The van der Waals surface area contributed by atoms with Gasteiger partial charge in [-0.1, -0.05) is 0 Å². The van der Waals surface area contributed by atoms with Gasteiger partial charge in [0, 0.05) is 0 Å². The number of methoxy groups -OCH3 is 2. The fourth-order valence-electron chi connectivity index (χ4n) is 2.54. The van der Waals surface area contributed by atoms with Gasteiger partial charge in [0.25, 0.3) is 0 Å². The molecule has 0 radical (unpaired) electrons. The summed E-state index contributed by atoms with van der Waals surface area (Å²) in [6.07, 6.45) is 2.02. The molecule has 1 heterocycles. The molecule has 1 aromatic carbocycles. The molecule has 0 unspecified atom stereocenters. The normalized spacial score (nSPS) is 16.1. The van der Waals surface area contributed by atoms with Gasteiger partial charge in [-0.2, -0.15) is 0 Å². The van der Waals surface area contributed by atoms with Crippen LogP contribution in [-0.2, 0) is 0 Å². The minimum absolute atomic E-state index is 0.162. The lowest BCUT2D eigenvalue weighted by Gasteiger charge is -2.24. The van der Waals surface area contributed by atoms with Gasteiger partial charge < -0.3 is 19.9 Å². The molecule has 1 saturated heterocycles. The first-order chi connectivity index (χ1) is 9.17. The summed E-state index contributed by atoms with van der Waals surface area (Å²) in [7, 11) is 2.98. The molecule has 0 aromatic heterocycles. The fraction of sp³-hybridized carbons (Fsp3) is 0.500. The molecule has 5 heteroatoms. The van der Waals surface area contributed by atoms with Crippen LogP contribution in [0.15, 0.2) is 12.1 Å². The first kappa shape index (κ1) is 13.7. The zero-order chi connectivity index (χ0) is 13.8. The second-order valence-electron chi connectivity index (χ2n) is 4.63. The Kier molecular flexibility index (Phi) is 4.27. The number of carboxylic acid groups (broad SMARTS) is 1. The van der Waals surface area contributed by atoms with E-state index in [2.05, 4.69) is 5.32 Å². The van der Waals surface area contributed by atoms with Gasteiger partial charge in [0.1, 0.15) is 5.56 Å². The Morgan fingerprint density at radius 3 is 2.47 bits per heavy atom. The van der Waals surface area contributed by atoms with Crippen LogP contribution >= 0.6 is 0 Å². The number of ether oxygens (including phenoxy) is 2. The van der Waals surface area contributed by atoms with Crippen LogP contribution in [0.2, 0.25) is 0 Å². The maximum atomic E-state index is 11.3. The van der Waals surface area contributed by atoms with Crippen molar-refractivity contribution in [2.24, 2.45) is 0 Å². The number of piperidine rings is 1. The molecule has 1 aliphatic heterocycles. The molecular formula is C14H19NO4. The quantitative estimate of drug-likeness (QED) is 0.870. The topological polar surface area (TPSA) is 67.8 Å². The first-order valence-corrected chi connectivity index (χ1v) is 6.37. The molecule has 0 saturated carbocycles. The first-order valence-electron chi connectivity index (χ1n) is 6.37. The molecule has 0 aliphatic carbocycles. The molecule has 104 valence electrons. The van der Waals surface area contributed by atoms with Gasteiger partial charge in [-0.15, -0.1) is 0 Å². The zero-order valence-corrected chi connectivity index (χ0v) is 11.2. The molecule has 0 bridgehead atoms. The molecule has 2 N–H and O–H groups in total. The molecule has 1 aromatic rings. The average Bonchev–Trinajstić information content (AvgIpc) is 2.46. The largest absolute Gasteiger partial charge is 0.493 e. The number of nitrogens with one attached hydrogen (secondary N) is 1. The molecule has 2 rings (SSSR count). The monoisotopic (exact) mass is 265 g/mol. The van der Waals surface area contributed by atoms with Crippen LogP contribution in [0.5, 0.6) is 11.5 Å². The average molecular weight is 265 g/mol. The van der Waals surface area contributed by atoms with Crippen molar-refractivity contribution < 1.29 is 19.4 Å². The van der Waals surface area contributed by atoms with Gasteiger partial charge in [0.15, 0.2) is 11.5 Å². The zero-order valence-electron chi connectivity index (χ0n) is 11.2. The Hall–Kier alpha value is -1.75. The van der Waals surface area contributed by atoms with E-state index in [9.17, 15) is 9.90 Å². The van der Waals surface area contributed by atoms with Crippen LogP contribution in [0.3, 0.4) is 0 Å². The number of rotatable bonds is 4. The van der Waals surface area contributed by atoms with E-state index in [-0.39, 0.29) is 11.3 Å². The van der Waals surface area contributed by atoms with E-state index in [0.29, 0.717) is 11.7 Å². The molecule has 19 heavy (non-hydrogen) atoms. The van der Waals surface area contributed by atoms with E-state index in [1.807, 2.05) is 6.07 Å². The third kappa shape index (κ3) is 2.81. The lowest BCUT2D eigenvalue weighted by molar-refractivity contribution is 0.0692. The van der Waals surface area contributed by atoms with Crippen molar-refractivity contribution in [3.05, 3.63) is 23.3 Å². The van der Waals surface area contributed by atoms with Gasteiger partial charge >= 0.3 is 5.97 Å². The minimum atomic E-state index is -0.995. The van der Waals surface area contributed by atoms with Gasteiger partial charge in [-0.3, -0.25) is 0 Å². The van der Waals surface area contributed by atoms with Crippen LogP contribution in [0.4, 0.5) is 0 Å². The van der Waals surface area contributed by atoms with Crippen molar-refractivity contribution >= 4 is 5.97 Å². The molecule has 5 nitrogen and oxygen atoms in total.